The summed E-state index contributed by atoms with van der Waals surface area (Å²) in [5.41, 5.74) is 0. The van der Waals surface area contributed by atoms with Crippen molar-refractivity contribution in [3.05, 3.63) is 12.2 Å². The van der Waals surface area contributed by atoms with Crippen molar-refractivity contribution < 1.29 is 64.6 Å². The summed E-state index contributed by atoms with van der Waals surface area (Å²) in [7, 11) is 0. The topological polar surface area (TPSA) is 216 Å². The Hall–Kier alpha value is -1.23. The van der Waals surface area contributed by atoms with Crippen LogP contribution in [0.1, 0.15) is 90.4 Å². The number of rotatable bonds is 21. The van der Waals surface area contributed by atoms with Crippen molar-refractivity contribution in [1.82, 2.24) is 0 Å². The van der Waals surface area contributed by atoms with Crippen LogP contribution in [-0.4, -0.2) is 128 Å². The maximum Gasteiger partial charge on any atom is 0.303 e. The number of aliphatic hydroxyl groups excluding tert-OH is 7. The molecule has 0 radical (unpaired) electrons. The molecule has 0 aromatic carbocycles. The molecule has 0 saturated carbocycles. The average Bonchev–Trinajstić information content (AvgIpc) is 2.98. The van der Waals surface area contributed by atoms with Gasteiger partial charge in [0.1, 0.15) is 48.8 Å². The number of ether oxygens (including phenoxy) is 4. The molecule has 11 atom stereocenters. The minimum atomic E-state index is -1.72. The molecule has 2 fully saturated rings. The predicted octanol–water partition coefficient (Wildman–Crippen LogP) is 0.728. The van der Waals surface area contributed by atoms with E-state index in [0.29, 0.717) is 6.42 Å². The van der Waals surface area contributed by atoms with Gasteiger partial charge in [-0.1, -0.05) is 50.7 Å². The molecule has 1 unspecified atom stereocenters. The third kappa shape index (κ3) is 13.0. The van der Waals surface area contributed by atoms with Crippen molar-refractivity contribution in [3.8, 4) is 0 Å². The Bertz CT molecular complexity index is 781. The predicted molar refractivity (Wildman–Crippen MR) is 154 cm³/mol. The molecule has 2 saturated heterocycles. The normalized spacial score (nSPS) is 34.0. The number of aliphatic hydroxyl groups is 7. The summed E-state index contributed by atoms with van der Waals surface area (Å²) in [6.07, 6.45) is 1.48. The quantitative estimate of drug-likeness (QED) is 0.0655. The van der Waals surface area contributed by atoms with Crippen LogP contribution < -0.4 is 0 Å². The molecule has 2 aliphatic heterocycles. The monoisotopic (exact) mass is 622 g/mol. The standard InChI is InChI=1S/C30H54O13/c1-19(15-13-11-9-7-5-3-2-4-6-8-10-12-14-16-22(33)34)40-30-28(26(38)24(36)21(18-32)42-30)43-29-27(39)25(37)23(35)20(17-31)41-29/h2-3,19-21,23-32,35-39H,4-18H2,1H3,(H,33,34)/b3-2-/t19?,20-,21-,23-,24-,25+,26+,27-,28-,29+,30-/m1/s1. The number of carboxylic acids is 1. The van der Waals surface area contributed by atoms with E-state index in [-0.39, 0.29) is 12.5 Å². The van der Waals surface area contributed by atoms with Crippen LogP contribution in [0.2, 0.25) is 0 Å². The molecule has 13 nitrogen and oxygen atoms in total. The lowest BCUT2D eigenvalue weighted by Gasteiger charge is -2.46. The molecule has 0 bridgehead atoms. The van der Waals surface area contributed by atoms with Gasteiger partial charge in [0.15, 0.2) is 12.6 Å². The highest BCUT2D eigenvalue weighted by Gasteiger charge is 2.51. The highest BCUT2D eigenvalue weighted by Crippen LogP contribution is 2.30. The molecule has 0 aromatic heterocycles. The Kier molecular flexibility index (Phi) is 18.3. The Labute approximate surface area is 254 Å². The van der Waals surface area contributed by atoms with Crippen molar-refractivity contribution in [2.45, 2.75) is 158 Å². The third-order valence-electron chi connectivity index (χ3n) is 7.99. The molecule has 2 aliphatic rings. The Morgan fingerprint density at radius 1 is 0.698 bits per heavy atom. The van der Waals surface area contributed by atoms with Crippen molar-refractivity contribution >= 4 is 5.97 Å². The average molecular weight is 623 g/mol. The zero-order valence-electron chi connectivity index (χ0n) is 25.2. The van der Waals surface area contributed by atoms with Crippen molar-refractivity contribution in [2.24, 2.45) is 0 Å². The summed E-state index contributed by atoms with van der Waals surface area (Å²) < 4.78 is 22.7. The van der Waals surface area contributed by atoms with Crippen LogP contribution >= 0.6 is 0 Å². The number of aliphatic carboxylic acids is 1. The first kappa shape index (κ1) is 38.0. The van der Waals surface area contributed by atoms with Crippen LogP contribution in [0.15, 0.2) is 12.2 Å². The van der Waals surface area contributed by atoms with Gasteiger partial charge in [0.2, 0.25) is 0 Å². The molecular weight excluding hydrogens is 568 g/mol. The number of hydrogen-bond acceptors (Lipinski definition) is 12. The fraction of sp³-hybridized carbons (Fsp3) is 0.900. The van der Waals surface area contributed by atoms with Crippen molar-refractivity contribution in [3.63, 3.8) is 0 Å². The molecule has 43 heavy (non-hydrogen) atoms. The van der Waals surface area contributed by atoms with Gasteiger partial charge in [-0.25, -0.2) is 0 Å². The maximum atomic E-state index is 10.7. The summed E-state index contributed by atoms with van der Waals surface area (Å²) in [5, 5.41) is 79.2. The lowest BCUT2D eigenvalue weighted by molar-refractivity contribution is -0.371. The lowest BCUT2D eigenvalue weighted by Crippen LogP contribution is -2.64. The van der Waals surface area contributed by atoms with E-state index in [0.717, 1.165) is 70.6 Å². The number of carboxylic acid groups (broad SMARTS) is 1. The van der Waals surface area contributed by atoms with E-state index < -0.39 is 80.6 Å². The summed E-state index contributed by atoms with van der Waals surface area (Å²) in [4.78, 5) is 10.5. The van der Waals surface area contributed by atoms with Gasteiger partial charge < -0.3 is 59.8 Å². The van der Waals surface area contributed by atoms with Gasteiger partial charge in [-0.05, 0) is 45.4 Å². The second kappa shape index (κ2) is 20.7. The SMILES string of the molecule is CC(CCCCCC/C=C\CCCCCCCC(=O)O)O[C@@H]1O[C@H](CO)[C@@H](O)[C@H](O)[C@H]1O[C@@H]1O[C@H](CO)[C@@H](O)[C@H](O)[C@H]1O. The largest absolute Gasteiger partial charge is 0.481 e. The minimum Gasteiger partial charge on any atom is -0.481 e. The second-order valence-electron chi connectivity index (χ2n) is 11.6. The molecular formula is C30H54O13. The molecule has 0 aromatic rings. The first-order chi connectivity index (χ1) is 20.6. The molecule has 8 N–H and O–H groups in total. The van der Waals surface area contributed by atoms with Gasteiger partial charge in [-0.2, -0.15) is 0 Å². The molecule has 0 amide bonds. The van der Waals surface area contributed by atoms with Crippen LogP contribution in [0.25, 0.3) is 0 Å². The van der Waals surface area contributed by atoms with Crippen LogP contribution in [0, 0.1) is 0 Å². The van der Waals surface area contributed by atoms with E-state index in [1.165, 1.54) is 0 Å². The molecule has 0 aliphatic carbocycles. The van der Waals surface area contributed by atoms with Gasteiger partial charge in [-0.3, -0.25) is 4.79 Å². The Morgan fingerprint density at radius 3 is 1.79 bits per heavy atom. The maximum absolute atomic E-state index is 10.7. The lowest BCUT2D eigenvalue weighted by atomic mass is 9.97. The smallest absolute Gasteiger partial charge is 0.303 e. The third-order valence-corrected chi connectivity index (χ3v) is 7.99. The zero-order chi connectivity index (χ0) is 31.8. The summed E-state index contributed by atoms with van der Waals surface area (Å²) in [6.45, 7) is 0.590. The Morgan fingerprint density at radius 2 is 1.21 bits per heavy atom. The van der Waals surface area contributed by atoms with Gasteiger partial charge in [-0.15, -0.1) is 0 Å². The second-order valence-corrected chi connectivity index (χ2v) is 11.6. The first-order valence-corrected chi connectivity index (χ1v) is 15.7. The summed E-state index contributed by atoms with van der Waals surface area (Å²) >= 11 is 0. The van der Waals surface area contributed by atoms with E-state index in [4.69, 9.17) is 24.1 Å². The molecule has 2 heterocycles. The zero-order valence-corrected chi connectivity index (χ0v) is 25.2. The number of allylic oxidation sites excluding steroid dienone is 2. The minimum absolute atomic E-state index is 0.255. The fourth-order valence-electron chi connectivity index (χ4n) is 5.29. The Balaban J connectivity index is 1.71. The van der Waals surface area contributed by atoms with Crippen LogP contribution in [0.3, 0.4) is 0 Å². The van der Waals surface area contributed by atoms with E-state index in [9.17, 15) is 40.5 Å². The number of carbonyl (C=O) groups is 1. The van der Waals surface area contributed by atoms with Crippen molar-refractivity contribution in [2.75, 3.05) is 13.2 Å². The molecule has 13 heteroatoms. The van der Waals surface area contributed by atoms with Crippen LogP contribution in [0.5, 0.6) is 0 Å². The van der Waals surface area contributed by atoms with Crippen LogP contribution in [0.4, 0.5) is 0 Å². The number of unbranched alkanes of at least 4 members (excludes halogenated alkanes) is 9. The molecule has 252 valence electrons. The summed E-state index contributed by atoms with van der Waals surface area (Å²) in [6, 6.07) is 0. The van der Waals surface area contributed by atoms with Crippen molar-refractivity contribution in [1.29, 1.82) is 0 Å². The van der Waals surface area contributed by atoms with Gasteiger partial charge in [0, 0.05) is 6.42 Å². The van der Waals surface area contributed by atoms with E-state index in [2.05, 4.69) is 12.2 Å². The van der Waals surface area contributed by atoms with E-state index in [1.807, 2.05) is 6.92 Å². The van der Waals surface area contributed by atoms with Gasteiger partial charge >= 0.3 is 5.97 Å². The van der Waals surface area contributed by atoms with E-state index >= 15 is 0 Å². The highest BCUT2D eigenvalue weighted by atomic mass is 16.8. The summed E-state index contributed by atoms with van der Waals surface area (Å²) in [5.74, 6) is -0.727. The van der Waals surface area contributed by atoms with E-state index in [1.54, 1.807) is 0 Å². The van der Waals surface area contributed by atoms with Gasteiger partial charge in [0.25, 0.3) is 0 Å². The fourth-order valence-corrected chi connectivity index (χ4v) is 5.29. The highest BCUT2D eigenvalue weighted by molar-refractivity contribution is 5.66. The van der Waals surface area contributed by atoms with Crippen LogP contribution in [-0.2, 0) is 23.7 Å². The first-order valence-electron chi connectivity index (χ1n) is 15.7. The number of hydrogen-bond donors (Lipinski definition) is 8. The molecule has 2 rings (SSSR count). The van der Waals surface area contributed by atoms with Gasteiger partial charge in [0.05, 0.1) is 19.3 Å². The molecule has 0 spiro atoms.